The number of nitrogens with zero attached hydrogens (tertiary/aromatic N) is 3. The first-order valence-corrected chi connectivity index (χ1v) is 5.13. The van der Waals surface area contributed by atoms with E-state index in [4.69, 9.17) is 11.6 Å². The number of halogens is 2. The fourth-order valence-corrected chi connectivity index (χ4v) is 1.77. The summed E-state index contributed by atoms with van der Waals surface area (Å²) in [5, 5.41) is 1.29. The molecule has 6 heteroatoms. The van der Waals surface area contributed by atoms with Gasteiger partial charge in [-0.1, -0.05) is 11.6 Å². The van der Waals surface area contributed by atoms with Crippen molar-refractivity contribution in [3.8, 4) is 11.4 Å². The highest BCUT2D eigenvalue weighted by Gasteiger charge is 2.07. The Morgan fingerprint density at radius 1 is 1.06 bits per heavy atom. The lowest BCUT2D eigenvalue weighted by atomic mass is 10.2. The summed E-state index contributed by atoms with van der Waals surface area (Å²) >= 11 is 6.07. The second kappa shape index (κ2) is 4.69. The molecular formula is C11H8Cl2N4. The molecule has 0 saturated carbocycles. The van der Waals surface area contributed by atoms with Gasteiger partial charge < -0.3 is 4.98 Å². The van der Waals surface area contributed by atoms with Gasteiger partial charge in [0.2, 0.25) is 0 Å². The Morgan fingerprint density at radius 3 is 2.59 bits per heavy atom. The van der Waals surface area contributed by atoms with Gasteiger partial charge >= 0.3 is 0 Å². The second-order valence-corrected chi connectivity index (χ2v) is 3.67. The average Bonchev–Trinajstić information content (AvgIpc) is 2.79. The van der Waals surface area contributed by atoms with E-state index in [0.29, 0.717) is 11.0 Å². The van der Waals surface area contributed by atoms with Gasteiger partial charge in [-0.25, -0.2) is 9.97 Å². The first-order chi connectivity index (χ1) is 7.84. The minimum absolute atomic E-state index is 0. The van der Waals surface area contributed by atoms with Crippen molar-refractivity contribution in [1.29, 1.82) is 0 Å². The molecule has 3 heterocycles. The van der Waals surface area contributed by atoms with E-state index in [0.717, 1.165) is 16.6 Å². The van der Waals surface area contributed by atoms with Crippen LogP contribution in [0.15, 0.2) is 36.8 Å². The number of pyridine rings is 1. The minimum Gasteiger partial charge on any atom is -0.346 e. The highest BCUT2D eigenvalue weighted by molar-refractivity contribution is 6.34. The predicted molar refractivity (Wildman–Crippen MR) is 69.4 cm³/mol. The number of hydrogen-bond donors (Lipinski definition) is 1. The van der Waals surface area contributed by atoms with E-state index in [-0.39, 0.29) is 12.4 Å². The Bertz CT molecular complexity index is 636. The van der Waals surface area contributed by atoms with Crippen LogP contribution in [-0.2, 0) is 0 Å². The lowest BCUT2D eigenvalue weighted by molar-refractivity contribution is 1.20. The molecule has 0 aromatic carbocycles. The first kappa shape index (κ1) is 11.8. The van der Waals surface area contributed by atoms with Crippen LogP contribution in [0, 0.1) is 0 Å². The van der Waals surface area contributed by atoms with Crippen LogP contribution in [0.2, 0.25) is 5.15 Å². The SMILES string of the molecule is Cl.Clc1nc(-c2ccncc2)nc2[nH]ccc12. The number of hydrogen-bond acceptors (Lipinski definition) is 3. The molecule has 0 unspecified atom stereocenters. The zero-order chi connectivity index (χ0) is 11.0. The first-order valence-electron chi connectivity index (χ1n) is 4.75. The van der Waals surface area contributed by atoms with Crippen molar-refractivity contribution < 1.29 is 0 Å². The van der Waals surface area contributed by atoms with Gasteiger partial charge in [0.1, 0.15) is 10.8 Å². The zero-order valence-corrected chi connectivity index (χ0v) is 10.2. The lowest BCUT2D eigenvalue weighted by Gasteiger charge is -2.00. The van der Waals surface area contributed by atoms with Crippen molar-refractivity contribution in [3.63, 3.8) is 0 Å². The number of aromatic nitrogens is 4. The van der Waals surface area contributed by atoms with Crippen molar-refractivity contribution >= 4 is 35.0 Å². The molecule has 3 aromatic rings. The van der Waals surface area contributed by atoms with Gasteiger partial charge in [0.25, 0.3) is 0 Å². The van der Waals surface area contributed by atoms with E-state index in [9.17, 15) is 0 Å². The maximum atomic E-state index is 6.07. The monoisotopic (exact) mass is 266 g/mol. The van der Waals surface area contributed by atoms with Crippen LogP contribution >= 0.6 is 24.0 Å². The van der Waals surface area contributed by atoms with Crippen molar-refractivity contribution in [2.45, 2.75) is 0 Å². The standard InChI is InChI=1S/C11H7ClN4.ClH/c12-9-8-3-6-14-11(8)16-10(15-9)7-1-4-13-5-2-7;/h1-6H,(H,14,15,16);1H. The Balaban J connectivity index is 0.00000108. The van der Waals surface area contributed by atoms with E-state index in [1.165, 1.54) is 0 Å². The molecule has 0 saturated heterocycles. The summed E-state index contributed by atoms with van der Waals surface area (Å²) in [5.74, 6) is 0.599. The summed E-state index contributed by atoms with van der Waals surface area (Å²) < 4.78 is 0. The molecule has 0 bridgehead atoms. The van der Waals surface area contributed by atoms with Crippen LogP contribution in [0.4, 0.5) is 0 Å². The fourth-order valence-electron chi connectivity index (χ4n) is 1.53. The van der Waals surface area contributed by atoms with Gasteiger partial charge in [-0.05, 0) is 18.2 Å². The van der Waals surface area contributed by atoms with E-state index in [1.54, 1.807) is 18.6 Å². The van der Waals surface area contributed by atoms with Crippen molar-refractivity contribution in [1.82, 2.24) is 19.9 Å². The smallest absolute Gasteiger partial charge is 0.163 e. The van der Waals surface area contributed by atoms with E-state index < -0.39 is 0 Å². The van der Waals surface area contributed by atoms with Crippen LogP contribution in [-0.4, -0.2) is 19.9 Å². The molecule has 0 spiro atoms. The van der Waals surface area contributed by atoms with Gasteiger partial charge in [-0.2, -0.15) is 0 Å². The van der Waals surface area contributed by atoms with Gasteiger partial charge in [-0.15, -0.1) is 12.4 Å². The highest BCUT2D eigenvalue weighted by atomic mass is 35.5. The summed E-state index contributed by atoms with van der Waals surface area (Å²) in [5.41, 5.74) is 1.64. The van der Waals surface area contributed by atoms with Crippen LogP contribution in [0.3, 0.4) is 0 Å². The molecule has 86 valence electrons. The van der Waals surface area contributed by atoms with Crippen molar-refractivity contribution in [2.75, 3.05) is 0 Å². The van der Waals surface area contributed by atoms with Gasteiger partial charge in [0.15, 0.2) is 5.82 Å². The number of aromatic amines is 1. The Morgan fingerprint density at radius 2 is 1.82 bits per heavy atom. The maximum absolute atomic E-state index is 6.07. The summed E-state index contributed by atoms with van der Waals surface area (Å²) in [4.78, 5) is 15.6. The normalized spacial score (nSPS) is 10.2. The maximum Gasteiger partial charge on any atom is 0.163 e. The van der Waals surface area contributed by atoms with Crippen LogP contribution in [0.5, 0.6) is 0 Å². The minimum atomic E-state index is 0. The molecule has 0 atom stereocenters. The third-order valence-electron chi connectivity index (χ3n) is 2.31. The Kier molecular flexibility index (Phi) is 3.26. The van der Waals surface area contributed by atoms with E-state index >= 15 is 0 Å². The molecule has 0 radical (unpaired) electrons. The summed E-state index contributed by atoms with van der Waals surface area (Å²) in [7, 11) is 0. The highest BCUT2D eigenvalue weighted by Crippen LogP contribution is 2.23. The molecule has 0 aliphatic carbocycles. The Hall–Kier alpha value is -1.65. The molecule has 3 rings (SSSR count). The topological polar surface area (TPSA) is 54.5 Å². The number of rotatable bonds is 1. The summed E-state index contributed by atoms with van der Waals surface area (Å²) in [6, 6.07) is 5.55. The second-order valence-electron chi connectivity index (χ2n) is 3.31. The number of nitrogens with one attached hydrogen (secondary N) is 1. The van der Waals surface area contributed by atoms with Crippen LogP contribution in [0.25, 0.3) is 22.4 Å². The molecule has 0 aliphatic rings. The van der Waals surface area contributed by atoms with Gasteiger partial charge in [0, 0.05) is 24.2 Å². The summed E-state index contributed by atoms with van der Waals surface area (Å²) in [6.07, 6.45) is 5.19. The molecule has 1 N–H and O–H groups in total. The van der Waals surface area contributed by atoms with Crippen LogP contribution in [0.1, 0.15) is 0 Å². The largest absolute Gasteiger partial charge is 0.346 e. The molecule has 0 amide bonds. The van der Waals surface area contributed by atoms with Crippen molar-refractivity contribution in [2.24, 2.45) is 0 Å². The average molecular weight is 267 g/mol. The van der Waals surface area contributed by atoms with Crippen LogP contribution < -0.4 is 0 Å². The fraction of sp³-hybridized carbons (Fsp3) is 0. The van der Waals surface area contributed by atoms with Crippen molar-refractivity contribution in [3.05, 3.63) is 41.9 Å². The molecule has 4 nitrogen and oxygen atoms in total. The third kappa shape index (κ3) is 2.09. The molecule has 0 aliphatic heterocycles. The molecular weight excluding hydrogens is 259 g/mol. The summed E-state index contributed by atoms with van der Waals surface area (Å²) in [6.45, 7) is 0. The van der Waals surface area contributed by atoms with E-state index in [2.05, 4.69) is 19.9 Å². The van der Waals surface area contributed by atoms with Gasteiger partial charge in [0.05, 0.1) is 5.39 Å². The number of fused-ring (bicyclic) bond motifs is 1. The molecule has 17 heavy (non-hydrogen) atoms. The Labute approximate surface area is 108 Å². The molecule has 3 aromatic heterocycles. The number of H-pyrrole nitrogens is 1. The third-order valence-corrected chi connectivity index (χ3v) is 2.60. The molecule has 0 fully saturated rings. The van der Waals surface area contributed by atoms with Gasteiger partial charge in [-0.3, -0.25) is 4.98 Å². The predicted octanol–water partition coefficient (Wildman–Crippen LogP) is 3.10. The van der Waals surface area contributed by atoms with E-state index in [1.807, 2.05) is 18.2 Å². The zero-order valence-electron chi connectivity index (χ0n) is 8.59. The lowest BCUT2D eigenvalue weighted by Crippen LogP contribution is -1.90. The quantitative estimate of drug-likeness (QED) is 0.689.